The van der Waals surface area contributed by atoms with E-state index < -0.39 is 24.0 Å². The number of hydrogen-bond donors (Lipinski definition) is 4. The predicted octanol–water partition coefficient (Wildman–Crippen LogP) is 2.43. The van der Waals surface area contributed by atoms with Crippen LogP contribution < -0.4 is 16.0 Å². The largest absolute Gasteiger partial charge is 0.384 e. The van der Waals surface area contributed by atoms with Gasteiger partial charge >= 0.3 is 0 Å². The molecule has 0 bridgehead atoms. The minimum absolute atomic E-state index is 0.0902. The van der Waals surface area contributed by atoms with Gasteiger partial charge in [-0.1, -0.05) is 12.1 Å². The highest BCUT2D eigenvalue weighted by Gasteiger charge is 2.39. The normalized spacial score (nSPS) is 17.1. The summed E-state index contributed by atoms with van der Waals surface area (Å²) in [6.45, 7) is 0.522. The lowest BCUT2D eigenvalue weighted by atomic mass is 10.1. The summed E-state index contributed by atoms with van der Waals surface area (Å²) < 4.78 is 5.45. The molecule has 0 radical (unpaired) electrons. The fourth-order valence-electron chi connectivity index (χ4n) is 3.44. The Morgan fingerprint density at radius 2 is 1.88 bits per heavy atom. The molecule has 9 heteroatoms. The van der Waals surface area contributed by atoms with Crippen molar-refractivity contribution in [2.75, 3.05) is 23.4 Å². The first-order chi connectivity index (χ1) is 15.4. The van der Waals surface area contributed by atoms with Crippen molar-refractivity contribution < 1.29 is 19.4 Å². The number of benzene rings is 2. The van der Waals surface area contributed by atoms with E-state index in [4.69, 9.17) is 15.9 Å². The number of carbonyl (C=O) groups is 2. The van der Waals surface area contributed by atoms with Crippen molar-refractivity contribution in [1.29, 1.82) is 5.41 Å². The van der Waals surface area contributed by atoms with Crippen LogP contribution in [-0.2, 0) is 14.3 Å². The fourth-order valence-corrected chi connectivity index (χ4v) is 4.10. The molecule has 5 N–H and O–H groups in total. The van der Waals surface area contributed by atoms with Gasteiger partial charge in [0.1, 0.15) is 5.84 Å². The third kappa shape index (κ3) is 4.54. The summed E-state index contributed by atoms with van der Waals surface area (Å²) in [5.74, 6) is -1.32. The summed E-state index contributed by atoms with van der Waals surface area (Å²) in [6, 6.07) is 15.9. The van der Waals surface area contributed by atoms with Crippen LogP contribution in [0.4, 0.5) is 11.4 Å². The molecule has 164 valence electrons. The molecule has 1 aliphatic rings. The predicted molar refractivity (Wildman–Crippen MR) is 124 cm³/mol. The number of nitrogens with two attached hydrogens (primary N) is 1. The van der Waals surface area contributed by atoms with Gasteiger partial charge in [0.2, 0.25) is 0 Å². The summed E-state index contributed by atoms with van der Waals surface area (Å²) in [4.78, 5) is 27.0. The number of aliphatic hydroxyl groups is 1. The molecule has 2 amide bonds. The number of amides is 2. The Bertz CT molecular complexity index is 1110. The van der Waals surface area contributed by atoms with Gasteiger partial charge in [0.25, 0.3) is 11.8 Å². The second-order valence-corrected chi connectivity index (χ2v) is 8.05. The lowest BCUT2D eigenvalue weighted by molar-refractivity contribution is -0.150. The van der Waals surface area contributed by atoms with E-state index in [0.29, 0.717) is 23.5 Å². The number of rotatable bonds is 6. The SMILES string of the molecule is N=C(N)c1ccc(NC(=O)[C@H](O)[C@H]2OCCN(c3ccc(-c4ccsc4)cc3)C2=O)cc1. The van der Waals surface area contributed by atoms with E-state index >= 15 is 0 Å². The van der Waals surface area contributed by atoms with Crippen molar-refractivity contribution in [2.24, 2.45) is 5.73 Å². The van der Waals surface area contributed by atoms with Gasteiger partial charge < -0.3 is 25.8 Å². The molecule has 2 heterocycles. The highest BCUT2D eigenvalue weighted by Crippen LogP contribution is 2.27. The maximum Gasteiger partial charge on any atom is 0.259 e. The van der Waals surface area contributed by atoms with Crippen LogP contribution in [0, 0.1) is 5.41 Å². The molecule has 32 heavy (non-hydrogen) atoms. The number of amidine groups is 1. The van der Waals surface area contributed by atoms with E-state index in [1.54, 1.807) is 35.6 Å². The molecule has 2 atom stereocenters. The van der Waals surface area contributed by atoms with Gasteiger partial charge in [0, 0.05) is 23.5 Å². The van der Waals surface area contributed by atoms with Gasteiger partial charge in [-0.15, -0.1) is 0 Å². The van der Waals surface area contributed by atoms with Crippen LogP contribution in [0.15, 0.2) is 65.4 Å². The van der Waals surface area contributed by atoms with Crippen LogP contribution >= 0.6 is 11.3 Å². The van der Waals surface area contributed by atoms with Gasteiger partial charge in [-0.05, 0) is 64.4 Å². The first-order valence-corrected chi connectivity index (χ1v) is 10.9. The van der Waals surface area contributed by atoms with Gasteiger partial charge in [-0.2, -0.15) is 11.3 Å². The van der Waals surface area contributed by atoms with Crippen molar-refractivity contribution in [3.05, 3.63) is 70.9 Å². The maximum absolute atomic E-state index is 13.0. The Kier molecular flexibility index (Phi) is 6.31. The highest BCUT2D eigenvalue weighted by atomic mass is 32.1. The molecule has 1 aliphatic heterocycles. The topological polar surface area (TPSA) is 129 Å². The fraction of sp³-hybridized carbons (Fsp3) is 0.174. The Balaban J connectivity index is 1.43. The quantitative estimate of drug-likeness (QED) is 0.339. The summed E-state index contributed by atoms with van der Waals surface area (Å²) in [6.07, 6.45) is -2.99. The molecular formula is C23H22N4O4S. The summed E-state index contributed by atoms with van der Waals surface area (Å²) in [5.41, 5.74) is 9.16. The third-order valence-electron chi connectivity index (χ3n) is 5.17. The number of nitrogens with zero attached hydrogens (tertiary/aromatic N) is 1. The smallest absolute Gasteiger partial charge is 0.259 e. The number of aliphatic hydroxyl groups excluding tert-OH is 1. The molecule has 0 unspecified atom stereocenters. The Hall–Kier alpha value is -3.53. The number of thiophene rings is 1. The summed E-state index contributed by atoms with van der Waals surface area (Å²) in [7, 11) is 0. The van der Waals surface area contributed by atoms with Gasteiger partial charge in [-0.3, -0.25) is 15.0 Å². The van der Waals surface area contributed by atoms with E-state index in [2.05, 4.69) is 5.32 Å². The number of ether oxygens (including phenoxy) is 1. The second-order valence-electron chi connectivity index (χ2n) is 7.27. The lowest BCUT2D eigenvalue weighted by Gasteiger charge is -2.34. The zero-order valence-electron chi connectivity index (χ0n) is 17.0. The van der Waals surface area contributed by atoms with Crippen molar-refractivity contribution in [3.8, 4) is 11.1 Å². The van der Waals surface area contributed by atoms with E-state index in [1.165, 1.54) is 4.90 Å². The molecule has 0 aliphatic carbocycles. The van der Waals surface area contributed by atoms with Crippen LogP contribution in [0.2, 0.25) is 0 Å². The number of hydrogen-bond acceptors (Lipinski definition) is 6. The van der Waals surface area contributed by atoms with Gasteiger partial charge in [0.05, 0.1) is 6.61 Å². The van der Waals surface area contributed by atoms with E-state index in [-0.39, 0.29) is 12.4 Å². The second kappa shape index (κ2) is 9.31. The van der Waals surface area contributed by atoms with Crippen LogP contribution in [0.25, 0.3) is 11.1 Å². The maximum atomic E-state index is 13.0. The standard InChI is InChI=1S/C23H22N4O4S/c24-21(25)15-1-5-17(6-2-15)26-22(29)19(28)20-23(30)27(10-11-31-20)18-7-3-14(4-8-18)16-9-12-32-13-16/h1-9,12-13,19-20,28H,10-11H2,(H3,24,25)(H,26,29)/t19-,20-/m1/s1. The molecule has 1 fully saturated rings. The first kappa shape index (κ1) is 21.7. The van der Waals surface area contributed by atoms with Gasteiger partial charge in [-0.25, -0.2) is 0 Å². The Morgan fingerprint density at radius 3 is 2.50 bits per heavy atom. The minimum Gasteiger partial charge on any atom is -0.384 e. The van der Waals surface area contributed by atoms with Crippen LogP contribution in [0.3, 0.4) is 0 Å². The molecule has 1 aromatic heterocycles. The molecule has 3 aromatic rings. The molecule has 1 saturated heterocycles. The average molecular weight is 451 g/mol. The van der Waals surface area contributed by atoms with Crippen LogP contribution in [-0.4, -0.2) is 48.1 Å². The molecule has 0 spiro atoms. The summed E-state index contributed by atoms with van der Waals surface area (Å²) in [5, 5.41) is 24.5. The van der Waals surface area contributed by atoms with Crippen LogP contribution in [0.1, 0.15) is 5.56 Å². The Morgan fingerprint density at radius 1 is 1.16 bits per heavy atom. The number of morpholine rings is 1. The van der Waals surface area contributed by atoms with E-state index in [9.17, 15) is 14.7 Å². The summed E-state index contributed by atoms with van der Waals surface area (Å²) >= 11 is 1.61. The zero-order valence-corrected chi connectivity index (χ0v) is 17.8. The molecule has 2 aromatic carbocycles. The van der Waals surface area contributed by atoms with Crippen molar-refractivity contribution in [3.63, 3.8) is 0 Å². The monoisotopic (exact) mass is 450 g/mol. The molecular weight excluding hydrogens is 428 g/mol. The number of nitrogens with one attached hydrogen (secondary N) is 2. The van der Waals surface area contributed by atoms with Crippen LogP contribution in [0.5, 0.6) is 0 Å². The third-order valence-corrected chi connectivity index (χ3v) is 5.86. The lowest BCUT2D eigenvalue weighted by Crippen LogP contribution is -2.55. The van der Waals surface area contributed by atoms with Crippen molar-refractivity contribution in [2.45, 2.75) is 12.2 Å². The Labute approximate surface area is 188 Å². The molecule has 4 rings (SSSR count). The average Bonchev–Trinajstić information content (AvgIpc) is 3.34. The van der Waals surface area contributed by atoms with Gasteiger partial charge in [0.15, 0.2) is 12.2 Å². The number of carbonyl (C=O) groups excluding carboxylic acids is 2. The van der Waals surface area contributed by atoms with E-state index in [0.717, 1.165) is 11.1 Å². The minimum atomic E-state index is -1.68. The number of nitrogen functional groups attached to an aromatic ring is 1. The number of anilines is 2. The zero-order chi connectivity index (χ0) is 22.7. The van der Waals surface area contributed by atoms with Crippen molar-refractivity contribution >= 4 is 40.4 Å². The highest BCUT2D eigenvalue weighted by molar-refractivity contribution is 7.08. The van der Waals surface area contributed by atoms with E-state index in [1.807, 2.05) is 41.1 Å². The molecule has 0 saturated carbocycles. The van der Waals surface area contributed by atoms with Crippen molar-refractivity contribution in [1.82, 2.24) is 0 Å². The first-order valence-electron chi connectivity index (χ1n) is 9.93. The molecule has 8 nitrogen and oxygen atoms in total.